The molecule has 2 N–H and O–H groups in total. The number of nitrogens with zero attached hydrogens (tertiary/aromatic N) is 3. The smallest absolute Gasteiger partial charge is 0.237 e. The molecule has 0 spiro atoms. The molecule has 3 aromatic carbocycles. The molecular weight excluding hydrogens is 436 g/mol. The predicted molar refractivity (Wildman–Crippen MR) is 129 cm³/mol. The normalized spacial score (nSPS) is 11.7. The van der Waals surface area contributed by atoms with Crippen molar-refractivity contribution in [1.29, 1.82) is 0 Å². The van der Waals surface area contributed by atoms with Gasteiger partial charge in [0.05, 0.1) is 5.25 Å². The number of para-hydroxylation sites is 1. The van der Waals surface area contributed by atoms with E-state index in [0.29, 0.717) is 22.2 Å². The lowest BCUT2D eigenvalue weighted by Crippen LogP contribution is -2.23. The molecule has 1 unspecified atom stereocenters. The van der Waals surface area contributed by atoms with E-state index in [1.807, 2.05) is 34.9 Å². The van der Waals surface area contributed by atoms with E-state index in [2.05, 4.69) is 15.5 Å². The van der Waals surface area contributed by atoms with E-state index in [9.17, 15) is 14.7 Å². The van der Waals surface area contributed by atoms with Crippen LogP contribution in [0.5, 0.6) is 5.75 Å². The zero-order chi connectivity index (χ0) is 23.4. The first-order valence-electron chi connectivity index (χ1n) is 10.3. The number of ketones is 1. The fourth-order valence-corrected chi connectivity index (χ4v) is 4.06. The molecule has 0 aliphatic carbocycles. The molecule has 1 atom stereocenters. The van der Waals surface area contributed by atoms with Crippen molar-refractivity contribution in [2.75, 3.05) is 5.32 Å². The first kappa shape index (κ1) is 22.3. The Labute approximate surface area is 195 Å². The maximum Gasteiger partial charge on any atom is 0.237 e. The van der Waals surface area contributed by atoms with Crippen LogP contribution in [0.1, 0.15) is 24.2 Å². The van der Waals surface area contributed by atoms with E-state index in [1.54, 1.807) is 55.5 Å². The summed E-state index contributed by atoms with van der Waals surface area (Å²) in [6.07, 6.45) is 0. The van der Waals surface area contributed by atoms with Crippen LogP contribution < -0.4 is 5.32 Å². The van der Waals surface area contributed by atoms with Crippen molar-refractivity contribution < 1.29 is 14.7 Å². The highest BCUT2D eigenvalue weighted by Crippen LogP contribution is 2.31. The number of phenolic OH excluding ortho intramolecular Hbond substituents is 1. The summed E-state index contributed by atoms with van der Waals surface area (Å²) < 4.78 is 1.89. The third kappa shape index (κ3) is 5.12. The summed E-state index contributed by atoms with van der Waals surface area (Å²) in [5.74, 6) is 0.558. The largest absolute Gasteiger partial charge is 0.508 e. The third-order valence-corrected chi connectivity index (χ3v) is 6.03. The maximum absolute atomic E-state index is 12.8. The van der Waals surface area contributed by atoms with Gasteiger partial charge in [-0.05, 0) is 74.5 Å². The number of anilines is 1. The van der Waals surface area contributed by atoms with Crippen molar-refractivity contribution >= 4 is 29.1 Å². The summed E-state index contributed by atoms with van der Waals surface area (Å²) in [6.45, 7) is 3.30. The molecule has 0 aliphatic rings. The Morgan fingerprint density at radius 2 is 1.61 bits per heavy atom. The van der Waals surface area contributed by atoms with Gasteiger partial charge >= 0.3 is 0 Å². The van der Waals surface area contributed by atoms with E-state index < -0.39 is 5.25 Å². The molecular formula is C25H22N4O3S. The van der Waals surface area contributed by atoms with E-state index in [0.717, 1.165) is 11.3 Å². The van der Waals surface area contributed by atoms with Crippen LogP contribution >= 0.6 is 11.8 Å². The summed E-state index contributed by atoms with van der Waals surface area (Å²) in [5.41, 5.74) is 2.86. The van der Waals surface area contributed by atoms with Crippen molar-refractivity contribution in [3.63, 3.8) is 0 Å². The number of thioether (sulfide) groups is 1. The number of carbonyl (C=O) groups is 2. The Bertz CT molecular complexity index is 1270. The van der Waals surface area contributed by atoms with Gasteiger partial charge in [-0.25, -0.2) is 0 Å². The summed E-state index contributed by atoms with van der Waals surface area (Å²) in [7, 11) is 0. The number of carbonyl (C=O) groups excluding carboxylic acids is 2. The van der Waals surface area contributed by atoms with E-state index in [1.165, 1.54) is 18.7 Å². The first-order chi connectivity index (χ1) is 15.9. The molecule has 0 aliphatic heterocycles. The van der Waals surface area contributed by atoms with Gasteiger partial charge in [0, 0.05) is 22.5 Å². The molecule has 0 radical (unpaired) electrons. The molecule has 0 saturated carbocycles. The number of nitrogens with one attached hydrogen (secondary N) is 1. The van der Waals surface area contributed by atoms with Crippen LogP contribution in [0.3, 0.4) is 0 Å². The van der Waals surface area contributed by atoms with Crippen LogP contribution in [0, 0.1) is 0 Å². The van der Waals surface area contributed by atoms with Gasteiger partial charge in [-0.2, -0.15) is 0 Å². The van der Waals surface area contributed by atoms with Crippen molar-refractivity contribution in [3.05, 3.63) is 84.4 Å². The van der Waals surface area contributed by atoms with Crippen LogP contribution in [0.2, 0.25) is 0 Å². The molecule has 166 valence electrons. The minimum atomic E-state index is -0.461. The lowest BCUT2D eigenvalue weighted by atomic mass is 10.1. The first-order valence-corrected chi connectivity index (χ1v) is 11.2. The molecule has 1 heterocycles. The third-order valence-electron chi connectivity index (χ3n) is 4.98. The van der Waals surface area contributed by atoms with Crippen molar-refractivity contribution in [1.82, 2.24) is 14.8 Å². The maximum atomic E-state index is 12.8. The zero-order valence-corrected chi connectivity index (χ0v) is 18.9. The van der Waals surface area contributed by atoms with Gasteiger partial charge in [-0.15, -0.1) is 10.2 Å². The molecule has 7 nitrogen and oxygen atoms in total. The molecule has 0 saturated heterocycles. The fourth-order valence-electron chi connectivity index (χ4n) is 3.20. The predicted octanol–water partition coefficient (Wildman–Crippen LogP) is 4.96. The molecule has 4 rings (SSSR count). The minimum Gasteiger partial charge on any atom is -0.508 e. The number of aromatic hydroxyl groups is 1. The van der Waals surface area contributed by atoms with Gasteiger partial charge in [0.2, 0.25) is 5.91 Å². The highest BCUT2D eigenvalue weighted by molar-refractivity contribution is 8.00. The number of benzene rings is 3. The summed E-state index contributed by atoms with van der Waals surface area (Å²) in [6, 6.07) is 23.2. The second-order valence-corrected chi connectivity index (χ2v) is 8.71. The number of hydrogen-bond donors (Lipinski definition) is 2. The number of phenols is 1. The topological polar surface area (TPSA) is 97.1 Å². The monoisotopic (exact) mass is 458 g/mol. The number of rotatable bonds is 7. The summed E-state index contributed by atoms with van der Waals surface area (Å²) >= 11 is 1.29. The number of Topliss-reactive ketones (excluding diaryl/α,β-unsaturated/α-hetero) is 1. The van der Waals surface area contributed by atoms with Gasteiger partial charge in [-0.1, -0.05) is 30.0 Å². The summed E-state index contributed by atoms with van der Waals surface area (Å²) in [4.78, 5) is 24.3. The molecule has 4 aromatic rings. The van der Waals surface area contributed by atoms with Crippen molar-refractivity contribution in [2.24, 2.45) is 0 Å². The Balaban J connectivity index is 1.58. The Kier molecular flexibility index (Phi) is 6.55. The summed E-state index contributed by atoms with van der Waals surface area (Å²) in [5, 5.41) is 21.3. The van der Waals surface area contributed by atoms with Crippen LogP contribution in [0.25, 0.3) is 17.1 Å². The second-order valence-electron chi connectivity index (χ2n) is 7.41. The lowest BCUT2D eigenvalue weighted by molar-refractivity contribution is -0.115. The minimum absolute atomic E-state index is 0.0264. The van der Waals surface area contributed by atoms with E-state index in [-0.39, 0.29) is 17.4 Å². The zero-order valence-electron chi connectivity index (χ0n) is 18.1. The number of aromatic nitrogens is 3. The molecule has 33 heavy (non-hydrogen) atoms. The Morgan fingerprint density at radius 3 is 2.24 bits per heavy atom. The van der Waals surface area contributed by atoms with Gasteiger partial charge in [0.1, 0.15) is 5.75 Å². The molecule has 1 aromatic heterocycles. The van der Waals surface area contributed by atoms with Gasteiger partial charge < -0.3 is 10.4 Å². The average molecular weight is 459 g/mol. The SMILES string of the molecule is CC(=O)c1ccc(NC(=O)C(C)Sc2nnc(-c3ccc(O)cc3)n2-c2ccccc2)cc1. The Hall–Kier alpha value is -3.91. The number of amides is 1. The highest BCUT2D eigenvalue weighted by Gasteiger charge is 2.22. The fraction of sp³-hybridized carbons (Fsp3) is 0.120. The average Bonchev–Trinajstić information content (AvgIpc) is 3.23. The number of hydrogen-bond acceptors (Lipinski definition) is 6. The molecule has 8 heteroatoms. The second kappa shape index (κ2) is 9.70. The standard InChI is InChI=1S/C25H22N4O3S/c1-16(30)18-8-12-20(13-9-18)26-24(32)17(2)33-25-28-27-23(19-10-14-22(31)15-11-19)29(25)21-6-4-3-5-7-21/h3-15,17,31H,1-2H3,(H,26,32). The quantitative estimate of drug-likeness (QED) is 0.300. The van der Waals surface area contributed by atoms with Crippen molar-refractivity contribution in [3.8, 4) is 22.8 Å². The van der Waals surface area contributed by atoms with Crippen LogP contribution in [-0.2, 0) is 4.79 Å². The Morgan fingerprint density at radius 1 is 0.939 bits per heavy atom. The van der Waals surface area contributed by atoms with Crippen molar-refractivity contribution in [2.45, 2.75) is 24.3 Å². The van der Waals surface area contributed by atoms with Crippen LogP contribution in [0.15, 0.2) is 84.0 Å². The van der Waals surface area contributed by atoms with Gasteiger partial charge in [0.25, 0.3) is 0 Å². The van der Waals surface area contributed by atoms with E-state index >= 15 is 0 Å². The lowest BCUT2D eigenvalue weighted by Gasteiger charge is -2.14. The molecule has 1 amide bonds. The van der Waals surface area contributed by atoms with Crippen LogP contribution in [0.4, 0.5) is 5.69 Å². The van der Waals surface area contributed by atoms with Gasteiger partial charge in [0.15, 0.2) is 16.8 Å². The molecule has 0 bridgehead atoms. The highest BCUT2D eigenvalue weighted by atomic mass is 32.2. The van der Waals surface area contributed by atoms with Gasteiger partial charge in [-0.3, -0.25) is 14.2 Å². The van der Waals surface area contributed by atoms with E-state index in [4.69, 9.17) is 0 Å². The van der Waals surface area contributed by atoms with Crippen LogP contribution in [-0.4, -0.2) is 36.8 Å². The molecule has 0 fully saturated rings.